The van der Waals surface area contributed by atoms with Crippen LogP contribution in [0.3, 0.4) is 0 Å². The summed E-state index contributed by atoms with van der Waals surface area (Å²) in [6.07, 6.45) is 0.0953. The molecule has 0 atom stereocenters. The molecule has 4 rings (SSSR count). The van der Waals surface area contributed by atoms with E-state index in [0.29, 0.717) is 18.0 Å². The van der Waals surface area contributed by atoms with Crippen LogP contribution >= 0.6 is 11.6 Å². The molecule has 0 bridgehead atoms. The zero-order valence-corrected chi connectivity index (χ0v) is 20.8. The molecule has 3 aromatic rings. The summed E-state index contributed by atoms with van der Waals surface area (Å²) in [7, 11) is 0. The van der Waals surface area contributed by atoms with Gasteiger partial charge < -0.3 is 20.7 Å². The number of aromatic nitrogens is 2. The van der Waals surface area contributed by atoms with Crippen LogP contribution in [-0.2, 0) is 4.79 Å². The molecule has 1 aliphatic heterocycles. The predicted molar refractivity (Wildman–Crippen MR) is 137 cm³/mol. The fourth-order valence-electron chi connectivity index (χ4n) is 3.73. The Morgan fingerprint density at radius 2 is 1.71 bits per heavy atom. The normalized spacial score (nSPS) is 13.7. The summed E-state index contributed by atoms with van der Waals surface area (Å²) in [5.74, 6) is -1.90. The molecule has 0 aliphatic carbocycles. The number of carbonyl (C=O) groups excluding carboxylic acids is 2. The van der Waals surface area contributed by atoms with E-state index in [2.05, 4.69) is 25.5 Å². The van der Waals surface area contributed by atoms with Gasteiger partial charge in [0, 0.05) is 24.0 Å². The summed E-state index contributed by atoms with van der Waals surface area (Å²) in [5, 5.41) is 7.24. The van der Waals surface area contributed by atoms with Crippen molar-refractivity contribution in [3.05, 3.63) is 65.4 Å². The highest BCUT2D eigenvalue weighted by atomic mass is 35.5. The number of ether oxygens (including phenoxy) is 1. The summed E-state index contributed by atoms with van der Waals surface area (Å²) < 4.78 is 43.4. The Hall–Kier alpha value is -3.90. The Kier molecular flexibility index (Phi) is 8.64. The molecule has 13 heteroatoms. The third-order valence-corrected chi connectivity index (χ3v) is 5.93. The molecule has 0 unspecified atom stereocenters. The summed E-state index contributed by atoms with van der Waals surface area (Å²) >= 11 is 6.03. The molecule has 38 heavy (non-hydrogen) atoms. The van der Waals surface area contributed by atoms with Crippen LogP contribution in [0.2, 0.25) is 5.02 Å². The molecule has 2 aromatic carbocycles. The number of alkyl halides is 3. The van der Waals surface area contributed by atoms with E-state index in [1.165, 1.54) is 31.3 Å². The van der Waals surface area contributed by atoms with Gasteiger partial charge in [0.15, 0.2) is 0 Å². The van der Waals surface area contributed by atoms with Crippen molar-refractivity contribution in [1.82, 2.24) is 14.9 Å². The topological polar surface area (TPSA) is 108 Å². The molecule has 0 radical (unpaired) electrons. The largest absolute Gasteiger partial charge is 0.492 e. The Morgan fingerprint density at radius 1 is 0.974 bits per heavy atom. The van der Waals surface area contributed by atoms with E-state index in [9.17, 15) is 22.8 Å². The van der Waals surface area contributed by atoms with Crippen molar-refractivity contribution in [1.29, 1.82) is 0 Å². The van der Waals surface area contributed by atoms with Gasteiger partial charge in [-0.2, -0.15) is 13.2 Å². The van der Waals surface area contributed by atoms with Crippen molar-refractivity contribution < 1.29 is 27.5 Å². The smallest absolute Gasteiger partial charge is 0.471 e. The van der Waals surface area contributed by atoms with E-state index in [1.54, 1.807) is 5.32 Å². The monoisotopic (exact) mass is 548 g/mol. The Bertz CT molecular complexity index is 1280. The van der Waals surface area contributed by atoms with Crippen molar-refractivity contribution in [3.63, 3.8) is 0 Å². The first-order chi connectivity index (χ1) is 18.2. The Balaban J connectivity index is 1.33. The van der Waals surface area contributed by atoms with E-state index in [4.69, 9.17) is 16.3 Å². The van der Waals surface area contributed by atoms with Gasteiger partial charge >= 0.3 is 12.1 Å². The summed E-state index contributed by atoms with van der Waals surface area (Å²) in [6.45, 7) is 3.69. The maximum atomic E-state index is 12.6. The van der Waals surface area contributed by atoms with Gasteiger partial charge in [-0.3, -0.25) is 14.5 Å². The van der Waals surface area contributed by atoms with E-state index >= 15 is 0 Å². The summed E-state index contributed by atoms with van der Waals surface area (Å²) in [6, 6.07) is 10.8. The fraction of sp³-hybridized carbons (Fsp3) is 0.280. The third kappa shape index (κ3) is 7.56. The van der Waals surface area contributed by atoms with Gasteiger partial charge in [-0.15, -0.1) is 0 Å². The average Bonchev–Trinajstić information content (AvgIpc) is 3.39. The minimum absolute atomic E-state index is 0.0192. The molecule has 3 N–H and O–H groups in total. The molecule has 200 valence electrons. The van der Waals surface area contributed by atoms with Gasteiger partial charge in [0.2, 0.25) is 5.95 Å². The van der Waals surface area contributed by atoms with Gasteiger partial charge in [0.05, 0.1) is 28.7 Å². The van der Waals surface area contributed by atoms with Crippen molar-refractivity contribution in [2.75, 3.05) is 42.2 Å². The van der Waals surface area contributed by atoms with E-state index in [0.717, 1.165) is 31.8 Å². The summed E-state index contributed by atoms with van der Waals surface area (Å²) in [4.78, 5) is 34.5. The van der Waals surface area contributed by atoms with Crippen LogP contribution in [-0.4, -0.2) is 59.1 Å². The number of likely N-dealkylation sites (tertiary alicyclic amines) is 1. The lowest BCUT2D eigenvalue weighted by atomic mass is 10.2. The number of nitrogens with one attached hydrogen (secondary N) is 3. The molecule has 1 aliphatic rings. The second kappa shape index (κ2) is 12.1. The average molecular weight is 549 g/mol. The number of halogens is 4. The number of amides is 2. The van der Waals surface area contributed by atoms with Crippen LogP contribution in [0.5, 0.6) is 5.75 Å². The molecule has 1 fully saturated rings. The number of hydrogen-bond acceptors (Lipinski definition) is 7. The van der Waals surface area contributed by atoms with E-state index in [-0.39, 0.29) is 27.9 Å². The molecule has 9 nitrogen and oxygen atoms in total. The number of hydrogen-bond donors (Lipinski definition) is 3. The van der Waals surface area contributed by atoms with Crippen molar-refractivity contribution in [3.8, 4) is 5.75 Å². The van der Waals surface area contributed by atoms with Crippen molar-refractivity contribution >= 4 is 46.4 Å². The third-order valence-electron chi connectivity index (χ3n) is 5.60. The number of nitrogens with zero attached hydrogens (tertiary/aromatic N) is 3. The molecular formula is C25H24ClF3N6O3. The molecule has 2 heterocycles. The van der Waals surface area contributed by atoms with Gasteiger partial charge in [-0.1, -0.05) is 17.7 Å². The molecule has 0 spiro atoms. The highest BCUT2D eigenvalue weighted by molar-refractivity contribution is 6.34. The maximum absolute atomic E-state index is 12.6. The second-order valence-corrected chi connectivity index (χ2v) is 8.85. The second-order valence-electron chi connectivity index (χ2n) is 8.45. The van der Waals surface area contributed by atoms with Crippen LogP contribution in [0.15, 0.2) is 54.9 Å². The first-order valence-corrected chi connectivity index (χ1v) is 12.1. The number of carbonyl (C=O) groups is 2. The number of anilines is 4. The summed E-state index contributed by atoms with van der Waals surface area (Å²) in [5.41, 5.74) is 0.556. The van der Waals surface area contributed by atoms with E-state index < -0.39 is 18.0 Å². The Morgan fingerprint density at radius 3 is 2.42 bits per heavy atom. The van der Waals surface area contributed by atoms with Gasteiger partial charge in [0.1, 0.15) is 12.4 Å². The Labute approximate surface area is 221 Å². The van der Waals surface area contributed by atoms with Crippen LogP contribution in [0.4, 0.5) is 36.2 Å². The van der Waals surface area contributed by atoms with Crippen LogP contribution in [0, 0.1) is 0 Å². The molecule has 2 amide bonds. The van der Waals surface area contributed by atoms with Gasteiger partial charge in [-0.05, 0) is 56.3 Å². The minimum atomic E-state index is -5.07. The van der Waals surface area contributed by atoms with Crippen LogP contribution in [0.1, 0.15) is 23.2 Å². The zero-order chi connectivity index (χ0) is 27.1. The minimum Gasteiger partial charge on any atom is -0.492 e. The van der Waals surface area contributed by atoms with Crippen LogP contribution in [0.25, 0.3) is 0 Å². The fourth-order valence-corrected chi connectivity index (χ4v) is 3.93. The molecule has 1 saturated heterocycles. The number of rotatable bonds is 9. The highest BCUT2D eigenvalue weighted by Gasteiger charge is 2.38. The first kappa shape index (κ1) is 27.1. The predicted octanol–water partition coefficient (Wildman–Crippen LogP) is 5.10. The van der Waals surface area contributed by atoms with Gasteiger partial charge in [-0.25, -0.2) is 9.97 Å². The lowest BCUT2D eigenvalue weighted by Crippen LogP contribution is -2.30. The zero-order valence-electron chi connectivity index (χ0n) is 20.0. The SMILES string of the molecule is O=C(Nc1cnc(Nc2cccc(OCCN3CCCC3)c2)nc1)c1cc(NC(=O)C(F)(F)F)ccc1Cl. The lowest BCUT2D eigenvalue weighted by molar-refractivity contribution is -0.167. The standard InChI is InChI=1S/C25H24ClF3N6O3/c26-21-7-6-17(33-23(37)25(27,28)29)13-20(21)22(36)32-18-14-30-24(31-15-18)34-16-4-3-5-19(12-16)38-11-10-35-8-1-2-9-35/h3-7,12-15H,1-2,8-11H2,(H,32,36)(H,33,37)(H,30,31,34). The molecule has 0 saturated carbocycles. The van der Waals surface area contributed by atoms with Crippen molar-refractivity contribution in [2.45, 2.75) is 19.0 Å². The molecule has 1 aromatic heterocycles. The quantitative estimate of drug-likeness (QED) is 0.341. The first-order valence-electron chi connectivity index (χ1n) is 11.7. The van der Waals surface area contributed by atoms with Crippen molar-refractivity contribution in [2.24, 2.45) is 0 Å². The van der Waals surface area contributed by atoms with Gasteiger partial charge in [0.25, 0.3) is 5.91 Å². The van der Waals surface area contributed by atoms with Crippen LogP contribution < -0.4 is 20.7 Å². The molecular weight excluding hydrogens is 525 g/mol. The highest BCUT2D eigenvalue weighted by Crippen LogP contribution is 2.25. The van der Waals surface area contributed by atoms with E-state index in [1.807, 2.05) is 24.3 Å². The maximum Gasteiger partial charge on any atom is 0.471 e. The lowest BCUT2D eigenvalue weighted by Gasteiger charge is -2.15. The number of benzene rings is 2.